The fourth-order valence-electron chi connectivity index (χ4n) is 2.75. The molecule has 0 bridgehead atoms. The lowest BCUT2D eigenvalue weighted by atomic mass is 10.0. The van der Waals surface area contributed by atoms with E-state index in [4.69, 9.17) is 11.6 Å². The number of aromatic nitrogens is 3. The van der Waals surface area contributed by atoms with E-state index in [2.05, 4.69) is 9.97 Å². The predicted molar refractivity (Wildman–Crippen MR) is 96.4 cm³/mol. The number of carbonyl (C=O) groups excluding carboxylic acids is 1. The molecule has 120 valence electrons. The molecule has 0 fully saturated rings. The summed E-state index contributed by atoms with van der Waals surface area (Å²) in [6.07, 6.45) is 6.56. The maximum atomic E-state index is 12.8. The molecule has 3 aromatic heterocycles. The normalized spacial score (nSPS) is 11.8. The first-order chi connectivity index (χ1) is 12.2. The zero-order chi connectivity index (χ0) is 17.4. The molecule has 3 heterocycles. The molecule has 0 radical (unpaired) electrons. The number of H-pyrrole nitrogens is 1. The molecule has 0 amide bonds. The number of nitrogens with one attached hydrogen (secondary N) is 1. The second-order valence-corrected chi connectivity index (χ2v) is 5.96. The van der Waals surface area contributed by atoms with E-state index in [9.17, 15) is 10.1 Å². The van der Waals surface area contributed by atoms with Gasteiger partial charge in [0.25, 0.3) is 0 Å². The third-order valence-corrected chi connectivity index (χ3v) is 4.15. The lowest BCUT2D eigenvalue weighted by Crippen LogP contribution is -2.01. The van der Waals surface area contributed by atoms with Crippen LogP contribution in [0.4, 0.5) is 0 Å². The van der Waals surface area contributed by atoms with Crippen LogP contribution < -0.4 is 0 Å². The topological polar surface area (TPSA) is 74.0 Å². The van der Waals surface area contributed by atoms with Crippen molar-refractivity contribution in [2.45, 2.75) is 0 Å². The number of allylic oxidation sites excluding steroid dienone is 1. The summed E-state index contributed by atoms with van der Waals surface area (Å²) in [4.78, 5) is 20.2. The Morgan fingerprint density at radius 3 is 2.92 bits per heavy atom. The molecular weight excluding hydrogens is 336 g/mol. The number of halogens is 1. The summed E-state index contributed by atoms with van der Waals surface area (Å²) in [7, 11) is 0. The number of nitrogens with zero attached hydrogens (tertiary/aromatic N) is 3. The van der Waals surface area contributed by atoms with E-state index in [-0.39, 0.29) is 11.4 Å². The smallest absolute Gasteiger partial charge is 0.205 e. The molecule has 0 saturated carbocycles. The van der Waals surface area contributed by atoms with Crippen molar-refractivity contribution in [1.29, 1.82) is 5.26 Å². The third kappa shape index (κ3) is 2.69. The first kappa shape index (κ1) is 15.2. The highest BCUT2D eigenvalue weighted by molar-refractivity contribution is 6.30. The van der Waals surface area contributed by atoms with Gasteiger partial charge in [0.05, 0.1) is 10.7 Å². The van der Waals surface area contributed by atoms with Crippen LogP contribution in [0.25, 0.3) is 22.6 Å². The fourth-order valence-corrected chi connectivity index (χ4v) is 2.92. The number of carbonyl (C=O) groups is 1. The third-order valence-electron chi connectivity index (χ3n) is 3.92. The summed E-state index contributed by atoms with van der Waals surface area (Å²) in [5, 5.41) is 10.8. The average Bonchev–Trinajstić information content (AvgIpc) is 3.22. The summed E-state index contributed by atoms with van der Waals surface area (Å²) in [5.74, 6) is -0.338. The molecule has 1 aromatic carbocycles. The van der Waals surface area contributed by atoms with Crippen LogP contribution in [0.1, 0.15) is 16.1 Å². The molecule has 6 heteroatoms. The molecule has 0 saturated heterocycles. The second-order valence-electron chi connectivity index (χ2n) is 5.53. The Labute approximate surface area is 147 Å². The number of rotatable bonds is 3. The molecule has 0 unspecified atom stereocenters. The quantitative estimate of drug-likeness (QED) is 0.342. The van der Waals surface area contributed by atoms with Gasteiger partial charge in [-0.25, -0.2) is 4.98 Å². The van der Waals surface area contributed by atoms with Crippen LogP contribution in [0.2, 0.25) is 5.02 Å². The second kappa shape index (κ2) is 5.93. The van der Waals surface area contributed by atoms with Gasteiger partial charge in [-0.05, 0) is 24.3 Å². The van der Waals surface area contributed by atoms with Gasteiger partial charge in [-0.2, -0.15) is 5.26 Å². The van der Waals surface area contributed by atoms with E-state index in [0.29, 0.717) is 21.9 Å². The van der Waals surface area contributed by atoms with Crippen molar-refractivity contribution in [3.63, 3.8) is 0 Å². The standard InChI is InChI=1S/C19H11ClN4O/c20-13-5-6-18-23-14(11-24(18)10-13)7-12(8-21)19(25)16-9-22-17-4-2-1-3-15(16)17/h1-7,9-11,22H. The highest BCUT2D eigenvalue weighted by Crippen LogP contribution is 2.22. The van der Waals surface area contributed by atoms with Crippen molar-refractivity contribution in [1.82, 2.24) is 14.4 Å². The monoisotopic (exact) mass is 346 g/mol. The molecule has 0 spiro atoms. The Hall–Kier alpha value is -3.36. The van der Waals surface area contributed by atoms with Crippen molar-refractivity contribution >= 4 is 40.0 Å². The van der Waals surface area contributed by atoms with E-state index in [1.165, 1.54) is 6.08 Å². The Morgan fingerprint density at radius 1 is 1.24 bits per heavy atom. The van der Waals surface area contributed by atoms with Crippen LogP contribution in [0.15, 0.2) is 60.6 Å². The van der Waals surface area contributed by atoms with Gasteiger partial charge in [-0.3, -0.25) is 4.79 Å². The van der Waals surface area contributed by atoms with Gasteiger partial charge in [0.2, 0.25) is 5.78 Å². The Balaban J connectivity index is 1.77. The molecule has 5 nitrogen and oxygen atoms in total. The number of imidazole rings is 1. The zero-order valence-corrected chi connectivity index (χ0v) is 13.7. The van der Waals surface area contributed by atoms with E-state index in [0.717, 1.165) is 10.9 Å². The summed E-state index contributed by atoms with van der Waals surface area (Å²) >= 11 is 5.96. The number of hydrogen-bond donors (Lipinski definition) is 1. The van der Waals surface area contributed by atoms with Gasteiger partial charge >= 0.3 is 0 Å². The maximum Gasteiger partial charge on any atom is 0.205 e. The highest BCUT2D eigenvalue weighted by Gasteiger charge is 2.17. The van der Waals surface area contributed by atoms with Crippen molar-refractivity contribution in [3.8, 4) is 6.07 Å². The minimum absolute atomic E-state index is 0.0271. The summed E-state index contributed by atoms with van der Waals surface area (Å²) < 4.78 is 1.75. The SMILES string of the molecule is N#CC(=Cc1cn2cc(Cl)ccc2n1)C(=O)c1c[nH]c2ccccc12. The Kier molecular flexibility index (Phi) is 3.60. The van der Waals surface area contributed by atoms with Crippen molar-refractivity contribution in [2.75, 3.05) is 0 Å². The van der Waals surface area contributed by atoms with Gasteiger partial charge < -0.3 is 9.38 Å². The minimum atomic E-state index is -0.338. The van der Waals surface area contributed by atoms with Crippen molar-refractivity contribution in [3.05, 3.63) is 76.8 Å². The Bertz CT molecular complexity index is 1190. The van der Waals surface area contributed by atoms with Gasteiger partial charge in [-0.15, -0.1) is 0 Å². The average molecular weight is 347 g/mol. The van der Waals surface area contributed by atoms with E-state index in [1.54, 1.807) is 35.1 Å². The minimum Gasteiger partial charge on any atom is -0.360 e. The summed E-state index contributed by atoms with van der Waals surface area (Å²) in [6, 6.07) is 13.0. The highest BCUT2D eigenvalue weighted by atomic mass is 35.5. The number of hydrogen-bond acceptors (Lipinski definition) is 3. The van der Waals surface area contributed by atoms with E-state index < -0.39 is 0 Å². The maximum absolute atomic E-state index is 12.8. The van der Waals surface area contributed by atoms with Crippen LogP contribution in [0, 0.1) is 11.3 Å². The van der Waals surface area contributed by atoms with Crippen LogP contribution in [0.3, 0.4) is 0 Å². The molecular formula is C19H11ClN4O. The lowest BCUT2D eigenvalue weighted by Gasteiger charge is -1.97. The molecule has 0 aliphatic carbocycles. The van der Waals surface area contributed by atoms with E-state index >= 15 is 0 Å². The summed E-state index contributed by atoms with van der Waals surface area (Å²) in [6.45, 7) is 0. The number of benzene rings is 1. The van der Waals surface area contributed by atoms with Crippen LogP contribution in [-0.4, -0.2) is 20.2 Å². The van der Waals surface area contributed by atoms with Crippen LogP contribution in [0.5, 0.6) is 0 Å². The molecule has 0 atom stereocenters. The molecule has 4 rings (SSSR count). The van der Waals surface area contributed by atoms with Gasteiger partial charge in [0.1, 0.15) is 17.3 Å². The summed E-state index contributed by atoms with van der Waals surface area (Å²) in [5.41, 5.74) is 2.56. The largest absolute Gasteiger partial charge is 0.360 e. The van der Waals surface area contributed by atoms with Crippen molar-refractivity contribution in [2.24, 2.45) is 0 Å². The number of nitriles is 1. The number of para-hydroxylation sites is 1. The van der Waals surface area contributed by atoms with Gasteiger partial charge in [-0.1, -0.05) is 29.8 Å². The van der Waals surface area contributed by atoms with Crippen molar-refractivity contribution < 1.29 is 4.79 Å². The van der Waals surface area contributed by atoms with Gasteiger partial charge in [0, 0.05) is 35.1 Å². The lowest BCUT2D eigenvalue weighted by molar-refractivity contribution is 0.104. The fraction of sp³-hybridized carbons (Fsp3) is 0. The number of fused-ring (bicyclic) bond motifs is 2. The molecule has 0 aliphatic heterocycles. The molecule has 4 aromatic rings. The van der Waals surface area contributed by atoms with Crippen LogP contribution >= 0.6 is 11.6 Å². The van der Waals surface area contributed by atoms with E-state index in [1.807, 2.05) is 30.3 Å². The zero-order valence-electron chi connectivity index (χ0n) is 12.9. The first-order valence-corrected chi connectivity index (χ1v) is 7.90. The predicted octanol–water partition coefficient (Wildman–Crippen LogP) is 4.26. The van der Waals surface area contributed by atoms with Crippen LogP contribution in [-0.2, 0) is 0 Å². The molecule has 25 heavy (non-hydrogen) atoms. The Morgan fingerprint density at radius 2 is 2.08 bits per heavy atom. The molecule has 1 N–H and O–H groups in total. The number of Topliss-reactive ketones (excluding diaryl/α,β-unsaturated/α-hetero) is 1. The number of ketones is 1. The number of pyridine rings is 1. The van der Waals surface area contributed by atoms with Gasteiger partial charge in [0.15, 0.2) is 0 Å². The number of aromatic amines is 1. The molecule has 0 aliphatic rings. The first-order valence-electron chi connectivity index (χ1n) is 7.52.